The second-order valence-electron chi connectivity index (χ2n) is 6.66. The molecule has 3 aromatic heterocycles. The van der Waals surface area contributed by atoms with E-state index in [1.165, 1.54) is 0 Å². The van der Waals surface area contributed by atoms with Gasteiger partial charge in [0, 0.05) is 11.3 Å². The third kappa shape index (κ3) is 3.71. The van der Waals surface area contributed by atoms with Gasteiger partial charge >= 0.3 is 5.97 Å². The number of aromatic nitrogens is 4. The third-order valence-corrected chi connectivity index (χ3v) is 4.71. The number of carbonyl (C=O) groups excluding carboxylic acids is 1. The Labute approximate surface area is 168 Å². The van der Waals surface area contributed by atoms with Crippen LogP contribution in [0.15, 0.2) is 54.6 Å². The Balaban J connectivity index is 1.68. The first-order chi connectivity index (χ1) is 14.1. The Morgan fingerprint density at radius 2 is 1.90 bits per heavy atom. The minimum Gasteiger partial charge on any atom is -0.497 e. The van der Waals surface area contributed by atoms with E-state index in [1.54, 1.807) is 24.8 Å². The largest absolute Gasteiger partial charge is 0.497 e. The number of fused-ring (bicyclic) bond motifs is 1. The summed E-state index contributed by atoms with van der Waals surface area (Å²) < 4.78 is 14.1. The highest BCUT2D eigenvalue weighted by Gasteiger charge is 2.15. The van der Waals surface area contributed by atoms with E-state index in [0.717, 1.165) is 33.9 Å². The molecule has 0 fully saturated rings. The molecule has 0 radical (unpaired) electrons. The Hall–Kier alpha value is -3.61. The van der Waals surface area contributed by atoms with Crippen molar-refractivity contribution in [3.8, 4) is 17.0 Å². The Morgan fingerprint density at radius 3 is 2.69 bits per heavy atom. The van der Waals surface area contributed by atoms with Crippen LogP contribution in [0, 0.1) is 6.92 Å². The predicted octanol–water partition coefficient (Wildman–Crippen LogP) is 3.74. The second kappa shape index (κ2) is 7.79. The van der Waals surface area contributed by atoms with Gasteiger partial charge in [0.15, 0.2) is 5.69 Å². The summed E-state index contributed by atoms with van der Waals surface area (Å²) in [5.74, 6) is 0.380. The molecule has 0 aliphatic rings. The van der Waals surface area contributed by atoms with Crippen LogP contribution in [0.1, 0.15) is 28.8 Å². The highest BCUT2D eigenvalue weighted by atomic mass is 16.5. The van der Waals surface area contributed by atoms with Crippen LogP contribution in [0.2, 0.25) is 0 Å². The van der Waals surface area contributed by atoms with Gasteiger partial charge in [-0.3, -0.25) is 4.68 Å². The Bertz CT molecular complexity index is 1180. The quantitative estimate of drug-likeness (QED) is 0.469. The number of methoxy groups -OCH3 is 1. The van der Waals surface area contributed by atoms with Gasteiger partial charge in [0.1, 0.15) is 5.75 Å². The lowest BCUT2D eigenvalue weighted by Gasteiger charge is -2.07. The van der Waals surface area contributed by atoms with Crippen LogP contribution >= 0.6 is 0 Å². The predicted molar refractivity (Wildman–Crippen MR) is 109 cm³/mol. The molecule has 0 unspecified atom stereocenters. The lowest BCUT2D eigenvalue weighted by Crippen LogP contribution is -2.10. The molecule has 0 aliphatic carbocycles. The van der Waals surface area contributed by atoms with Crippen molar-refractivity contribution in [2.45, 2.75) is 20.4 Å². The number of esters is 1. The first-order valence-corrected chi connectivity index (χ1v) is 9.42. The van der Waals surface area contributed by atoms with E-state index in [9.17, 15) is 4.79 Å². The van der Waals surface area contributed by atoms with E-state index >= 15 is 0 Å². The van der Waals surface area contributed by atoms with Gasteiger partial charge in [-0.05, 0) is 50.2 Å². The van der Waals surface area contributed by atoms with Gasteiger partial charge < -0.3 is 9.47 Å². The van der Waals surface area contributed by atoms with Crippen LogP contribution in [0.25, 0.3) is 16.8 Å². The van der Waals surface area contributed by atoms with Crippen molar-refractivity contribution in [3.63, 3.8) is 0 Å². The summed E-state index contributed by atoms with van der Waals surface area (Å²) in [4.78, 5) is 12.0. The third-order valence-electron chi connectivity index (χ3n) is 4.71. The number of ether oxygens (including phenoxy) is 2. The second-order valence-corrected chi connectivity index (χ2v) is 6.66. The highest BCUT2D eigenvalue weighted by Crippen LogP contribution is 2.24. The van der Waals surface area contributed by atoms with Gasteiger partial charge in [0.05, 0.1) is 37.2 Å². The fraction of sp³-hybridized carbons (Fsp3) is 0.227. The van der Waals surface area contributed by atoms with Crippen molar-refractivity contribution in [1.29, 1.82) is 0 Å². The van der Waals surface area contributed by atoms with Gasteiger partial charge in [-0.1, -0.05) is 18.2 Å². The van der Waals surface area contributed by atoms with Crippen molar-refractivity contribution >= 4 is 11.5 Å². The van der Waals surface area contributed by atoms with Crippen molar-refractivity contribution in [1.82, 2.24) is 19.4 Å². The first kappa shape index (κ1) is 18.7. The molecule has 3 heterocycles. The summed E-state index contributed by atoms with van der Waals surface area (Å²) in [7, 11) is 1.65. The first-order valence-electron chi connectivity index (χ1n) is 9.42. The molecule has 4 rings (SSSR count). The van der Waals surface area contributed by atoms with E-state index < -0.39 is 5.97 Å². The van der Waals surface area contributed by atoms with E-state index in [1.807, 2.05) is 60.0 Å². The summed E-state index contributed by atoms with van der Waals surface area (Å²) in [5.41, 5.74) is 4.98. The minimum absolute atomic E-state index is 0.314. The van der Waals surface area contributed by atoms with E-state index in [4.69, 9.17) is 14.6 Å². The Morgan fingerprint density at radius 1 is 1.07 bits per heavy atom. The lowest BCUT2D eigenvalue weighted by atomic mass is 10.1. The number of hydrogen-bond acceptors (Lipinski definition) is 5. The molecule has 0 saturated carbocycles. The van der Waals surface area contributed by atoms with Crippen LogP contribution in [0.5, 0.6) is 5.75 Å². The number of rotatable bonds is 6. The molecular formula is C22H22N4O3. The van der Waals surface area contributed by atoms with E-state index in [2.05, 4.69) is 5.10 Å². The molecule has 29 heavy (non-hydrogen) atoms. The minimum atomic E-state index is -0.410. The van der Waals surface area contributed by atoms with Crippen molar-refractivity contribution < 1.29 is 14.3 Å². The average Bonchev–Trinajstić information content (AvgIpc) is 3.33. The van der Waals surface area contributed by atoms with E-state index in [0.29, 0.717) is 18.8 Å². The van der Waals surface area contributed by atoms with Gasteiger partial charge in [-0.25, -0.2) is 9.31 Å². The molecule has 0 saturated heterocycles. The number of hydrogen-bond donors (Lipinski definition) is 0. The molecule has 4 aromatic rings. The summed E-state index contributed by atoms with van der Waals surface area (Å²) in [6.07, 6.45) is 0. The molecule has 0 aliphatic heterocycles. The van der Waals surface area contributed by atoms with Gasteiger partial charge in [0.2, 0.25) is 0 Å². The molecule has 0 amide bonds. The molecule has 148 valence electrons. The smallest absolute Gasteiger partial charge is 0.358 e. The highest BCUT2D eigenvalue weighted by molar-refractivity contribution is 5.87. The number of carbonyl (C=O) groups is 1. The Kier molecular flexibility index (Phi) is 5.03. The zero-order chi connectivity index (χ0) is 20.4. The van der Waals surface area contributed by atoms with Gasteiger partial charge in [-0.15, -0.1) is 0 Å². The fourth-order valence-electron chi connectivity index (χ4n) is 3.24. The normalized spacial score (nSPS) is 11.0. The SMILES string of the molecule is CCOC(=O)c1cc(C)n(Cc2cccc3cc(-c4cccc(OC)c4)nn23)n1. The fourth-order valence-corrected chi connectivity index (χ4v) is 3.24. The summed E-state index contributed by atoms with van der Waals surface area (Å²) in [6, 6.07) is 17.6. The molecule has 7 nitrogen and oxygen atoms in total. The van der Waals surface area contributed by atoms with Gasteiger partial charge in [-0.2, -0.15) is 10.2 Å². The standard InChI is InChI=1S/C22H22N4O3/c1-4-29-22(27)21-11-15(2)25(23-21)14-18-9-6-8-17-13-20(24-26(17)18)16-7-5-10-19(12-16)28-3/h5-13H,4,14H2,1-3H3. The molecule has 7 heteroatoms. The number of benzene rings is 1. The molecular weight excluding hydrogens is 368 g/mol. The maximum absolute atomic E-state index is 12.0. The molecule has 1 aromatic carbocycles. The van der Waals surface area contributed by atoms with Crippen LogP contribution in [0.4, 0.5) is 0 Å². The summed E-state index contributed by atoms with van der Waals surface area (Å²) >= 11 is 0. The zero-order valence-electron chi connectivity index (χ0n) is 16.6. The molecule has 0 N–H and O–H groups in total. The van der Waals surface area contributed by atoms with Gasteiger partial charge in [0.25, 0.3) is 0 Å². The summed E-state index contributed by atoms with van der Waals surface area (Å²) in [6.45, 7) is 4.51. The summed E-state index contributed by atoms with van der Waals surface area (Å²) in [5, 5.41) is 9.19. The number of pyridine rings is 1. The van der Waals surface area contributed by atoms with Crippen LogP contribution in [-0.2, 0) is 11.3 Å². The average molecular weight is 390 g/mol. The topological polar surface area (TPSA) is 70.7 Å². The molecule has 0 atom stereocenters. The molecule has 0 bridgehead atoms. The zero-order valence-corrected chi connectivity index (χ0v) is 16.6. The monoisotopic (exact) mass is 390 g/mol. The van der Waals surface area contributed by atoms with Crippen molar-refractivity contribution in [2.24, 2.45) is 0 Å². The molecule has 0 spiro atoms. The maximum Gasteiger partial charge on any atom is 0.358 e. The lowest BCUT2D eigenvalue weighted by molar-refractivity contribution is 0.0518. The van der Waals surface area contributed by atoms with Crippen molar-refractivity contribution in [2.75, 3.05) is 13.7 Å². The van der Waals surface area contributed by atoms with Crippen LogP contribution in [0.3, 0.4) is 0 Å². The van der Waals surface area contributed by atoms with Crippen molar-refractivity contribution in [3.05, 3.63) is 71.7 Å². The number of nitrogens with zero attached hydrogens (tertiary/aromatic N) is 4. The van der Waals surface area contributed by atoms with Crippen LogP contribution in [-0.4, -0.2) is 39.1 Å². The maximum atomic E-state index is 12.0. The van der Waals surface area contributed by atoms with E-state index in [-0.39, 0.29) is 0 Å². The number of aryl methyl sites for hydroxylation is 1. The van der Waals surface area contributed by atoms with Crippen LogP contribution < -0.4 is 4.74 Å².